The molecule has 2 aromatic carbocycles. The van der Waals surface area contributed by atoms with E-state index in [1.54, 1.807) is 24.3 Å². The minimum absolute atomic E-state index is 0.0326. The second-order valence-electron chi connectivity index (χ2n) is 11.7. The summed E-state index contributed by atoms with van der Waals surface area (Å²) in [4.78, 5) is 39.1. The number of carboxylic acids is 2. The maximum absolute atomic E-state index is 13.0. The normalized spacial score (nSPS) is 19.3. The zero-order chi connectivity index (χ0) is 33.6. The molecule has 5 rings (SSSR count). The van der Waals surface area contributed by atoms with Crippen LogP contribution in [0.25, 0.3) is 5.57 Å². The van der Waals surface area contributed by atoms with E-state index < -0.39 is 23.9 Å². The molecule has 0 fully saturated rings. The molecule has 0 spiro atoms. The van der Waals surface area contributed by atoms with Crippen molar-refractivity contribution in [3.05, 3.63) is 82.0 Å². The SMILES string of the molecule is CC1(C)C2=CC(=O)C=CC2=C(c2cc3c(cc2C(=O)O)N(CC(=O)O)CCOCCOCCOCCOCCO3)c2ccc(O)cc21. The largest absolute Gasteiger partial charge is 0.508 e. The summed E-state index contributed by atoms with van der Waals surface area (Å²) in [6.45, 7) is 6.11. The highest BCUT2D eigenvalue weighted by Gasteiger charge is 2.39. The predicted octanol–water partition coefficient (Wildman–Crippen LogP) is 3.60. The first-order valence-electron chi connectivity index (χ1n) is 15.4. The molecule has 1 heterocycles. The van der Waals surface area contributed by atoms with Crippen molar-refractivity contribution in [1.29, 1.82) is 0 Å². The van der Waals surface area contributed by atoms with Crippen molar-refractivity contribution in [3.63, 3.8) is 0 Å². The molecule has 0 atom stereocenters. The Hall–Kier alpha value is -4.49. The second-order valence-corrected chi connectivity index (χ2v) is 11.7. The van der Waals surface area contributed by atoms with E-state index in [2.05, 4.69) is 0 Å². The van der Waals surface area contributed by atoms with Crippen molar-refractivity contribution in [2.75, 3.05) is 77.5 Å². The Kier molecular flexibility index (Phi) is 10.8. The summed E-state index contributed by atoms with van der Waals surface area (Å²) in [5.41, 5.74) is 3.05. The molecule has 0 radical (unpaired) electrons. The number of hydrogen-bond donors (Lipinski definition) is 3. The molecule has 0 amide bonds. The van der Waals surface area contributed by atoms with Gasteiger partial charge in [-0.05, 0) is 64.3 Å². The van der Waals surface area contributed by atoms with Crippen LogP contribution in [0.5, 0.6) is 11.5 Å². The van der Waals surface area contributed by atoms with E-state index in [1.165, 1.54) is 29.2 Å². The van der Waals surface area contributed by atoms with Crippen LogP contribution in [-0.2, 0) is 34.0 Å². The number of nitrogens with zero attached hydrogens (tertiary/aromatic N) is 1. The average Bonchev–Trinajstić information content (AvgIpc) is 3.02. The van der Waals surface area contributed by atoms with Gasteiger partial charge in [0, 0.05) is 17.5 Å². The lowest BCUT2D eigenvalue weighted by atomic mass is 9.64. The zero-order valence-electron chi connectivity index (χ0n) is 26.5. The van der Waals surface area contributed by atoms with Crippen LogP contribution in [0.1, 0.15) is 40.9 Å². The van der Waals surface area contributed by atoms with Crippen LogP contribution in [0.2, 0.25) is 0 Å². The van der Waals surface area contributed by atoms with E-state index in [-0.39, 0.29) is 61.5 Å². The lowest BCUT2D eigenvalue weighted by Crippen LogP contribution is -2.34. The van der Waals surface area contributed by atoms with Crippen LogP contribution in [0.4, 0.5) is 5.69 Å². The van der Waals surface area contributed by atoms with Crippen molar-refractivity contribution in [1.82, 2.24) is 0 Å². The van der Waals surface area contributed by atoms with Crippen molar-refractivity contribution < 1.29 is 53.4 Å². The number of ketones is 1. The zero-order valence-corrected chi connectivity index (χ0v) is 26.5. The molecule has 12 nitrogen and oxygen atoms in total. The van der Waals surface area contributed by atoms with Crippen LogP contribution in [0, 0.1) is 0 Å². The molecule has 0 saturated carbocycles. The number of phenols is 1. The average molecular weight is 650 g/mol. The lowest BCUT2D eigenvalue weighted by molar-refractivity contribution is -0.135. The Labute approximate surface area is 272 Å². The number of phenolic OH excluding ortho intramolecular Hbond substituents is 1. The van der Waals surface area contributed by atoms with Crippen molar-refractivity contribution in [2.45, 2.75) is 19.3 Å². The van der Waals surface area contributed by atoms with Crippen molar-refractivity contribution in [3.8, 4) is 11.5 Å². The molecule has 0 bridgehead atoms. The molecule has 2 aromatic rings. The number of ether oxygens (including phenoxy) is 5. The summed E-state index contributed by atoms with van der Waals surface area (Å²) in [6, 6.07) is 7.91. The van der Waals surface area contributed by atoms with Crippen LogP contribution >= 0.6 is 0 Å². The molecule has 47 heavy (non-hydrogen) atoms. The number of aromatic hydroxyl groups is 1. The summed E-state index contributed by atoms with van der Waals surface area (Å²) < 4.78 is 28.6. The molecule has 250 valence electrons. The first kappa shape index (κ1) is 33.9. The third-order valence-corrected chi connectivity index (χ3v) is 8.25. The van der Waals surface area contributed by atoms with Gasteiger partial charge < -0.3 is 43.9 Å². The number of allylic oxidation sites excluding steroid dienone is 5. The van der Waals surface area contributed by atoms with Crippen LogP contribution in [0.3, 0.4) is 0 Å². The molecule has 1 aliphatic heterocycles. The standard InChI is InChI=1S/C35H39NO11/c1-35(2)28-17-22(37)3-5-24(28)33(25-6-4-23(38)18-29(25)35)26-20-31-30(19-27(26)34(41)42)36(21-32(39)40)7-8-43-9-10-44-11-12-45-13-14-46-15-16-47-31/h3-6,17-20,37H,7-16,21H2,1-2H3,(H,39,40)(H,41,42). The molecule has 3 N–H and O–H groups in total. The fourth-order valence-electron chi connectivity index (χ4n) is 6.02. The second kappa shape index (κ2) is 14.9. The minimum Gasteiger partial charge on any atom is -0.508 e. The molecule has 2 aliphatic carbocycles. The van der Waals surface area contributed by atoms with E-state index in [9.17, 15) is 29.7 Å². The van der Waals surface area contributed by atoms with Gasteiger partial charge in [0.25, 0.3) is 0 Å². The summed E-state index contributed by atoms with van der Waals surface area (Å²) in [5.74, 6) is -2.29. The van der Waals surface area contributed by atoms with E-state index >= 15 is 0 Å². The van der Waals surface area contributed by atoms with E-state index in [0.717, 1.165) is 0 Å². The fourth-order valence-corrected chi connectivity index (χ4v) is 6.02. The third-order valence-electron chi connectivity index (χ3n) is 8.25. The molecule has 3 aliphatic rings. The van der Waals surface area contributed by atoms with E-state index in [0.29, 0.717) is 66.4 Å². The van der Waals surface area contributed by atoms with Gasteiger partial charge >= 0.3 is 11.9 Å². The lowest BCUT2D eigenvalue weighted by Gasteiger charge is -2.39. The highest BCUT2D eigenvalue weighted by molar-refractivity contribution is 6.08. The van der Waals surface area contributed by atoms with Crippen LogP contribution in [0.15, 0.2) is 59.7 Å². The number of carboxylic acid groups (broad SMARTS) is 2. The van der Waals surface area contributed by atoms with Gasteiger partial charge in [0.1, 0.15) is 24.7 Å². The molecule has 0 saturated heterocycles. The first-order chi connectivity index (χ1) is 22.6. The molecule has 0 unspecified atom stereocenters. The topological polar surface area (TPSA) is 161 Å². The highest BCUT2D eigenvalue weighted by atomic mass is 16.6. The number of hydrogen-bond acceptors (Lipinski definition) is 10. The monoisotopic (exact) mass is 649 g/mol. The highest BCUT2D eigenvalue weighted by Crippen LogP contribution is 2.51. The number of rotatable bonds is 4. The molecule has 12 heteroatoms. The van der Waals surface area contributed by atoms with Gasteiger partial charge in [-0.2, -0.15) is 0 Å². The Morgan fingerprint density at radius 2 is 1.47 bits per heavy atom. The Balaban J connectivity index is 1.68. The number of fused-ring (bicyclic) bond motifs is 3. The smallest absolute Gasteiger partial charge is 0.336 e. The number of anilines is 1. The summed E-state index contributed by atoms with van der Waals surface area (Å²) in [6.07, 6.45) is 4.66. The van der Waals surface area contributed by atoms with Crippen molar-refractivity contribution >= 4 is 29.0 Å². The van der Waals surface area contributed by atoms with Gasteiger partial charge in [-0.3, -0.25) is 9.59 Å². The first-order valence-corrected chi connectivity index (χ1v) is 15.4. The Morgan fingerprint density at radius 3 is 2.11 bits per heavy atom. The summed E-state index contributed by atoms with van der Waals surface area (Å²) >= 11 is 0. The third kappa shape index (κ3) is 7.74. The van der Waals surface area contributed by atoms with Gasteiger partial charge in [0.05, 0.1) is 64.1 Å². The fraction of sp³-hybridized carbons (Fsp3) is 0.400. The number of carbonyl (C=O) groups is 3. The van der Waals surface area contributed by atoms with Crippen LogP contribution in [-0.4, -0.2) is 106 Å². The van der Waals surface area contributed by atoms with Gasteiger partial charge in [0.2, 0.25) is 0 Å². The Bertz CT molecular complexity index is 1620. The minimum atomic E-state index is -1.24. The van der Waals surface area contributed by atoms with Crippen LogP contribution < -0.4 is 9.64 Å². The molecular weight excluding hydrogens is 610 g/mol. The van der Waals surface area contributed by atoms with Gasteiger partial charge in [-0.25, -0.2) is 4.79 Å². The van der Waals surface area contributed by atoms with Crippen molar-refractivity contribution in [2.24, 2.45) is 0 Å². The quantitative estimate of drug-likeness (QED) is 0.442. The number of aromatic carboxylic acids is 1. The van der Waals surface area contributed by atoms with Gasteiger partial charge in [-0.1, -0.05) is 26.0 Å². The number of aliphatic carboxylic acids is 1. The predicted molar refractivity (Wildman–Crippen MR) is 171 cm³/mol. The van der Waals surface area contributed by atoms with E-state index in [4.69, 9.17) is 23.7 Å². The van der Waals surface area contributed by atoms with Gasteiger partial charge in [0.15, 0.2) is 5.78 Å². The van der Waals surface area contributed by atoms with E-state index in [1.807, 2.05) is 13.8 Å². The summed E-state index contributed by atoms with van der Waals surface area (Å²) in [5, 5.41) is 30.8. The summed E-state index contributed by atoms with van der Waals surface area (Å²) in [7, 11) is 0. The Morgan fingerprint density at radius 1 is 0.830 bits per heavy atom. The maximum Gasteiger partial charge on any atom is 0.336 e. The maximum atomic E-state index is 13.0. The van der Waals surface area contributed by atoms with Gasteiger partial charge in [-0.15, -0.1) is 0 Å². The molecule has 0 aromatic heterocycles. The number of benzene rings is 2. The molecular formula is C35H39NO11. The number of carbonyl (C=O) groups excluding carboxylic acids is 1.